The summed E-state index contributed by atoms with van der Waals surface area (Å²) in [5.41, 5.74) is 1.05. The molecule has 7 nitrogen and oxygen atoms in total. The molecule has 2 heterocycles. The largest absolute Gasteiger partial charge is 0.507 e. The number of amides is 1. The number of rotatable bonds is 7. The van der Waals surface area contributed by atoms with Crippen LogP contribution in [0.3, 0.4) is 0 Å². The molecule has 152 valence electrons. The van der Waals surface area contributed by atoms with Gasteiger partial charge in [-0.1, -0.05) is 6.07 Å². The lowest BCUT2D eigenvalue weighted by molar-refractivity contribution is -0.140. The number of pyridine rings is 1. The van der Waals surface area contributed by atoms with Crippen LogP contribution in [0.1, 0.15) is 23.7 Å². The Hall–Kier alpha value is -3.19. The second-order valence-electron chi connectivity index (χ2n) is 7.13. The molecule has 1 aromatic heterocycles. The third kappa shape index (κ3) is 4.30. The predicted molar refractivity (Wildman–Crippen MR) is 109 cm³/mol. The van der Waals surface area contributed by atoms with Crippen LogP contribution in [-0.4, -0.2) is 65.9 Å². The van der Waals surface area contributed by atoms with Gasteiger partial charge in [-0.05, 0) is 63.5 Å². The van der Waals surface area contributed by atoms with Crippen LogP contribution in [-0.2, 0) is 9.59 Å². The number of aliphatic hydroxyl groups is 1. The zero-order chi connectivity index (χ0) is 21.0. The summed E-state index contributed by atoms with van der Waals surface area (Å²) < 4.78 is 5.14. The number of ketones is 1. The summed E-state index contributed by atoms with van der Waals surface area (Å²) in [6.07, 6.45) is 2.31. The molecule has 2 aromatic rings. The Morgan fingerprint density at radius 1 is 1.17 bits per heavy atom. The van der Waals surface area contributed by atoms with E-state index < -0.39 is 17.7 Å². The van der Waals surface area contributed by atoms with Crippen molar-refractivity contribution in [1.82, 2.24) is 14.8 Å². The van der Waals surface area contributed by atoms with E-state index in [2.05, 4.69) is 4.98 Å². The molecule has 0 radical (unpaired) electrons. The molecule has 1 saturated heterocycles. The molecule has 3 rings (SSSR count). The molecule has 0 bridgehead atoms. The van der Waals surface area contributed by atoms with Crippen LogP contribution >= 0.6 is 0 Å². The van der Waals surface area contributed by atoms with Gasteiger partial charge in [-0.15, -0.1) is 0 Å². The third-order valence-corrected chi connectivity index (χ3v) is 4.88. The van der Waals surface area contributed by atoms with E-state index in [0.29, 0.717) is 30.0 Å². The van der Waals surface area contributed by atoms with Crippen LogP contribution in [0.4, 0.5) is 0 Å². The highest BCUT2D eigenvalue weighted by Gasteiger charge is 2.46. The SMILES string of the molecule is COc1ccc(/C(O)=C2\C(=O)C(=O)N(CCCN(C)C)[C@H]2c2ccccn2)cc1. The molecule has 1 aliphatic heterocycles. The van der Waals surface area contributed by atoms with E-state index in [9.17, 15) is 14.7 Å². The van der Waals surface area contributed by atoms with Gasteiger partial charge in [-0.2, -0.15) is 0 Å². The number of hydrogen-bond acceptors (Lipinski definition) is 6. The summed E-state index contributed by atoms with van der Waals surface area (Å²) in [6, 6.07) is 11.3. The molecular weight excluding hydrogens is 370 g/mol. The van der Waals surface area contributed by atoms with Gasteiger partial charge in [0.05, 0.1) is 18.4 Å². The number of carbonyl (C=O) groups excluding carboxylic acids is 2. The second-order valence-corrected chi connectivity index (χ2v) is 7.13. The number of carbonyl (C=O) groups is 2. The van der Waals surface area contributed by atoms with E-state index in [4.69, 9.17) is 4.74 Å². The first kappa shape index (κ1) is 20.5. The fourth-order valence-electron chi connectivity index (χ4n) is 3.42. The summed E-state index contributed by atoms with van der Waals surface area (Å²) in [7, 11) is 5.46. The Morgan fingerprint density at radius 3 is 2.48 bits per heavy atom. The molecule has 0 spiro atoms. The van der Waals surface area contributed by atoms with E-state index in [-0.39, 0.29) is 11.3 Å². The molecule has 0 aliphatic carbocycles. The van der Waals surface area contributed by atoms with E-state index in [1.54, 1.807) is 55.8 Å². The van der Waals surface area contributed by atoms with Crippen molar-refractivity contribution in [2.24, 2.45) is 0 Å². The first-order valence-electron chi connectivity index (χ1n) is 9.42. The molecule has 0 saturated carbocycles. The molecule has 1 N–H and O–H groups in total. The van der Waals surface area contributed by atoms with Crippen LogP contribution in [0.5, 0.6) is 5.75 Å². The van der Waals surface area contributed by atoms with Crippen molar-refractivity contribution in [3.8, 4) is 5.75 Å². The maximum absolute atomic E-state index is 12.9. The Kier molecular flexibility index (Phi) is 6.29. The quantitative estimate of drug-likeness (QED) is 0.441. The predicted octanol–water partition coefficient (Wildman–Crippen LogP) is 2.46. The Bertz CT molecular complexity index is 907. The molecule has 1 fully saturated rings. The highest BCUT2D eigenvalue weighted by Crippen LogP contribution is 2.38. The molecule has 0 unspecified atom stereocenters. The summed E-state index contributed by atoms with van der Waals surface area (Å²) in [4.78, 5) is 33.5. The van der Waals surface area contributed by atoms with Crippen LogP contribution < -0.4 is 4.74 Å². The molecule has 1 amide bonds. The van der Waals surface area contributed by atoms with Crippen LogP contribution in [0.25, 0.3) is 5.76 Å². The molecule has 7 heteroatoms. The summed E-state index contributed by atoms with van der Waals surface area (Å²) >= 11 is 0. The van der Waals surface area contributed by atoms with E-state index in [0.717, 1.165) is 6.54 Å². The van der Waals surface area contributed by atoms with Crippen LogP contribution in [0.15, 0.2) is 54.2 Å². The lowest BCUT2D eigenvalue weighted by atomic mass is 9.98. The number of aromatic nitrogens is 1. The summed E-state index contributed by atoms with van der Waals surface area (Å²) in [6.45, 7) is 1.17. The fourth-order valence-corrected chi connectivity index (χ4v) is 3.42. The van der Waals surface area contributed by atoms with E-state index in [1.165, 1.54) is 4.90 Å². The normalized spacial score (nSPS) is 18.5. The van der Waals surface area contributed by atoms with Gasteiger partial charge < -0.3 is 19.6 Å². The number of nitrogens with zero attached hydrogens (tertiary/aromatic N) is 3. The first-order valence-corrected chi connectivity index (χ1v) is 9.42. The van der Waals surface area contributed by atoms with Crippen molar-refractivity contribution >= 4 is 17.4 Å². The molecular formula is C22H25N3O4. The minimum Gasteiger partial charge on any atom is -0.507 e. The van der Waals surface area contributed by atoms with Gasteiger partial charge in [-0.3, -0.25) is 14.6 Å². The maximum Gasteiger partial charge on any atom is 0.295 e. The number of ether oxygens (including phenoxy) is 1. The molecule has 1 atom stereocenters. The number of hydrogen-bond donors (Lipinski definition) is 1. The van der Waals surface area contributed by atoms with Gasteiger partial charge in [0.15, 0.2) is 0 Å². The second kappa shape index (κ2) is 8.87. The average molecular weight is 395 g/mol. The van der Waals surface area contributed by atoms with Gasteiger partial charge in [-0.25, -0.2) is 0 Å². The topological polar surface area (TPSA) is 83.0 Å². The van der Waals surface area contributed by atoms with Gasteiger partial charge in [0, 0.05) is 18.3 Å². The Morgan fingerprint density at radius 2 is 1.90 bits per heavy atom. The zero-order valence-corrected chi connectivity index (χ0v) is 16.8. The third-order valence-electron chi connectivity index (χ3n) is 4.88. The van der Waals surface area contributed by atoms with E-state index in [1.807, 2.05) is 19.0 Å². The Labute approximate surface area is 170 Å². The summed E-state index contributed by atoms with van der Waals surface area (Å²) in [5.74, 6) is -0.892. The molecule has 1 aliphatic rings. The standard InChI is InChI=1S/C22H25N3O4/c1-24(2)13-6-14-25-19(17-7-4-5-12-23-17)18(21(27)22(25)28)20(26)15-8-10-16(29-3)11-9-15/h4-5,7-12,19,26H,6,13-14H2,1-3H3/b20-18+/t19-/m0/s1. The van der Waals surface area contributed by atoms with Gasteiger partial charge in [0.25, 0.3) is 11.7 Å². The smallest absolute Gasteiger partial charge is 0.295 e. The van der Waals surface area contributed by atoms with Crippen molar-refractivity contribution in [3.05, 3.63) is 65.5 Å². The van der Waals surface area contributed by atoms with Crippen molar-refractivity contribution in [1.29, 1.82) is 0 Å². The number of Topliss-reactive ketones (excluding diaryl/α,β-unsaturated/α-hetero) is 1. The number of likely N-dealkylation sites (tertiary alicyclic amines) is 1. The number of methoxy groups -OCH3 is 1. The average Bonchev–Trinajstić information content (AvgIpc) is 2.98. The highest BCUT2D eigenvalue weighted by atomic mass is 16.5. The van der Waals surface area contributed by atoms with Gasteiger partial charge >= 0.3 is 0 Å². The van der Waals surface area contributed by atoms with Crippen molar-refractivity contribution in [3.63, 3.8) is 0 Å². The van der Waals surface area contributed by atoms with Gasteiger partial charge in [0.2, 0.25) is 0 Å². The number of benzene rings is 1. The minimum atomic E-state index is -0.722. The maximum atomic E-state index is 12.9. The first-order chi connectivity index (χ1) is 13.9. The Balaban J connectivity index is 2.05. The van der Waals surface area contributed by atoms with Crippen molar-refractivity contribution < 1.29 is 19.4 Å². The fraction of sp³-hybridized carbons (Fsp3) is 0.318. The molecule has 29 heavy (non-hydrogen) atoms. The number of aliphatic hydroxyl groups excluding tert-OH is 1. The van der Waals surface area contributed by atoms with Crippen LogP contribution in [0, 0.1) is 0 Å². The zero-order valence-electron chi connectivity index (χ0n) is 16.8. The van der Waals surface area contributed by atoms with Crippen molar-refractivity contribution in [2.45, 2.75) is 12.5 Å². The monoisotopic (exact) mass is 395 g/mol. The highest BCUT2D eigenvalue weighted by molar-refractivity contribution is 6.46. The van der Waals surface area contributed by atoms with Gasteiger partial charge in [0.1, 0.15) is 17.6 Å². The lowest BCUT2D eigenvalue weighted by Gasteiger charge is -2.25. The lowest BCUT2D eigenvalue weighted by Crippen LogP contribution is -2.32. The van der Waals surface area contributed by atoms with Crippen LogP contribution in [0.2, 0.25) is 0 Å². The minimum absolute atomic E-state index is 0.0590. The van der Waals surface area contributed by atoms with E-state index >= 15 is 0 Å². The summed E-state index contributed by atoms with van der Waals surface area (Å²) in [5, 5.41) is 10.9. The molecule has 1 aromatic carbocycles. The van der Waals surface area contributed by atoms with Crippen molar-refractivity contribution in [2.75, 3.05) is 34.3 Å².